The number of carbonyl (C=O) groups is 1. The number of benzene rings is 2. The van der Waals surface area contributed by atoms with Crippen molar-refractivity contribution in [1.29, 1.82) is 0 Å². The lowest BCUT2D eigenvalue weighted by Crippen LogP contribution is -2.37. The highest BCUT2D eigenvalue weighted by molar-refractivity contribution is 5.82. The van der Waals surface area contributed by atoms with Crippen molar-refractivity contribution in [1.82, 2.24) is 5.32 Å². The van der Waals surface area contributed by atoms with Crippen molar-refractivity contribution < 1.29 is 19.0 Å². The molecule has 2 aromatic carbocycles. The molecule has 0 bridgehead atoms. The van der Waals surface area contributed by atoms with Gasteiger partial charge in [0.25, 0.3) is 5.91 Å². The van der Waals surface area contributed by atoms with Crippen LogP contribution in [0.15, 0.2) is 42.5 Å². The summed E-state index contributed by atoms with van der Waals surface area (Å²) in [5, 5.41) is 2.90. The lowest BCUT2D eigenvalue weighted by Gasteiger charge is -2.15. The molecule has 5 heteroatoms. The van der Waals surface area contributed by atoms with Crippen molar-refractivity contribution in [3.05, 3.63) is 53.6 Å². The third-order valence-electron chi connectivity index (χ3n) is 3.88. The van der Waals surface area contributed by atoms with Gasteiger partial charge in [-0.2, -0.15) is 0 Å². The van der Waals surface area contributed by atoms with Crippen molar-refractivity contribution in [3.63, 3.8) is 0 Å². The Bertz CT molecular complexity index is 689. The van der Waals surface area contributed by atoms with Crippen LogP contribution in [-0.2, 0) is 17.8 Å². The van der Waals surface area contributed by atoms with Crippen LogP contribution in [0, 0.1) is 0 Å². The highest BCUT2D eigenvalue weighted by atomic mass is 16.5. The largest absolute Gasteiger partial charge is 0.493 e. The van der Waals surface area contributed by atoms with E-state index in [2.05, 4.69) is 5.32 Å². The van der Waals surface area contributed by atoms with Gasteiger partial charge in [-0.3, -0.25) is 4.79 Å². The van der Waals surface area contributed by atoms with E-state index in [4.69, 9.17) is 14.2 Å². The molecule has 0 radical (unpaired) electrons. The summed E-state index contributed by atoms with van der Waals surface area (Å²) in [6, 6.07) is 13.3. The van der Waals surface area contributed by atoms with Crippen LogP contribution in [-0.4, -0.2) is 26.2 Å². The molecule has 120 valence electrons. The number of fused-ring (bicyclic) bond motifs is 1. The first-order valence-corrected chi connectivity index (χ1v) is 7.45. The molecule has 1 amide bonds. The van der Waals surface area contributed by atoms with E-state index in [0.29, 0.717) is 24.5 Å². The lowest BCUT2D eigenvalue weighted by molar-refractivity contribution is -0.127. The molecule has 23 heavy (non-hydrogen) atoms. The molecule has 0 aromatic heterocycles. The van der Waals surface area contributed by atoms with Gasteiger partial charge in [-0.05, 0) is 17.7 Å². The van der Waals surface area contributed by atoms with E-state index in [0.717, 1.165) is 16.9 Å². The van der Waals surface area contributed by atoms with Gasteiger partial charge in [-0.15, -0.1) is 0 Å². The number of para-hydroxylation sites is 2. The minimum atomic E-state index is -0.482. The molecule has 1 atom stereocenters. The molecule has 0 saturated carbocycles. The van der Waals surface area contributed by atoms with Crippen LogP contribution in [0.1, 0.15) is 11.1 Å². The van der Waals surface area contributed by atoms with Crippen LogP contribution in [0.4, 0.5) is 0 Å². The van der Waals surface area contributed by atoms with Crippen LogP contribution in [0.2, 0.25) is 0 Å². The molecular weight excluding hydrogens is 294 g/mol. The van der Waals surface area contributed by atoms with E-state index in [1.807, 2.05) is 42.5 Å². The molecule has 1 N–H and O–H groups in total. The molecule has 2 aromatic rings. The third-order valence-corrected chi connectivity index (χ3v) is 3.88. The van der Waals surface area contributed by atoms with Gasteiger partial charge in [0, 0.05) is 18.5 Å². The SMILES string of the molecule is COc1cccc(CNC(=O)C2Cc3ccccc3O2)c1OC. The van der Waals surface area contributed by atoms with Gasteiger partial charge >= 0.3 is 0 Å². The first-order valence-electron chi connectivity index (χ1n) is 7.45. The maximum Gasteiger partial charge on any atom is 0.261 e. The Morgan fingerprint density at radius 3 is 2.74 bits per heavy atom. The van der Waals surface area contributed by atoms with Crippen molar-refractivity contribution in [3.8, 4) is 17.2 Å². The second kappa shape index (κ2) is 6.60. The molecule has 0 aliphatic carbocycles. The van der Waals surface area contributed by atoms with E-state index in [1.165, 1.54) is 0 Å². The number of hydrogen-bond donors (Lipinski definition) is 1. The minimum absolute atomic E-state index is 0.133. The predicted octanol–water partition coefficient (Wildman–Crippen LogP) is 2.32. The summed E-state index contributed by atoms with van der Waals surface area (Å²) >= 11 is 0. The Hall–Kier alpha value is -2.69. The monoisotopic (exact) mass is 313 g/mol. The molecule has 1 aliphatic heterocycles. The summed E-state index contributed by atoms with van der Waals surface area (Å²) in [5.74, 6) is 1.92. The average Bonchev–Trinajstić information content (AvgIpc) is 3.03. The van der Waals surface area contributed by atoms with Gasteiger partial charge in [0.1, 0.15) is 5.75 Å². The van der Waals surface area contributed by atoms with Gasteiger partial charge in [-0.25, -0.2) is 0 Å². The standard InChI is InChI=1S/C18H19NO4/c1-21-15-9-5-7-13(17(15)22-2)11-19-18(20)16-10-12-6-3-4-8-14(12)23-16/h3-9,16H,10-11H2,1-2H3,(H,19,20). The number of nitrogens with one attached hydrogen (secondary N) is 1. The Morgan fingerprint density at radius 2 is 2.00 bits per heavy atom. The summed E-state index contributed by atoms with van der Waals surface area (Å²) in [7, 11) is 3.17. The first-order chi connectivity index (χ1) is 11.2. The Labute approximate surface area is 135 Å². The summed E-state index contributed by atoms with van der Waals surface area (Å²) in [5.41, 5.74) is 1.92. The first kappa shape index (κ1) is 15.2. The third kappa shape index (κ3) is 3.08. The molecule has 0 saturated heterocycles. The maximum atomic E-state index is 12.3. The summed E-state index contributed by atoms with van der Waals surface area (Å²) in [4.78, 5) is 12.3. The van der Waals surface area contributed by atoms with Crippen molar-refractivity contribution >= 4 is 5.91 Å². The second-order valence-electron chi connectivity index (χ2n) is 5.29. The number of amides is 1. The minimum Gasteiger partial charge on any atom is -0.493 e. The van der Waals surface area contributed by atoms with Crippen molar-refractivity contribution in [2.24, 2.45) is 0 Å². The van der Waals surface area contributed by atoms with E-state index in [9.17, 15) is 4.79 Å². The fraction of sp³-hybridized carbons (Fsp3) is 0.278. The molecule has 0 fully saturated rings. The van der Waals surface area contributed by atoms with Gasteiger partial charge < -0.3 is 19.5 Å². The highest BCUT2D eigenvalue weighted by Gasteiger charge is 2.28. The maximum absolute atomic E-state index is 12.3. The molecule has 1 heterocycles. The Balaban J connectivity index is 1.65. The zero-order valence-corrected chi connectivity index (χ0v) is 13.2. The zero-order chi connectivity index (χ0) is 16.2. The van der Waals surface area contributed by atoms with Gasteiger partial charge in [0.05, 0.1) is 14.2 Å². The topological polar surface area (TPSA) is 56.8 Å². The van der Waals surface area contributed by atoms with Crippen molar-refractivity contribution in [2.75, 3.05) is 14.2 Å². The number of methoxy groups -OCH3 is 2. The van der Waals surface area contributed by atoms with Crippen LogP contribution in [0.5, 0.6) is 17.2 Å². The fourth-order valence-corrected chi connectivity index (χ4v) is 2.72. The second-order valence-corrected chi connectivity index (χ2v) is 5.29. The zero-order valence-electron chi connectivity index (χ0n) is 13.2. The van der Waals surface area contributed by atoms with E-state index in [1.54, 1.807) is 14.2 Å². The van der Waals surface area contributed by atoms with Crippen LogP contribution < -0.4 is 19.5 Å². The molecule has 3 rings (SSSR count). The summed E-state index contributed by atoms with van der Waals surface area (Å²) in [6.07, 6.45) is 0.112. The van der Waals surface area contributed by atoms with E-state index >= 15 is 0 Å². The number of ether oxygens (including phenoxy) is 3. The number of hydrogen-bond acceptors (Lipinski definition) is 4. The molecular formula is C18H19NO4. The van der Waals surface area contributed by atoms with E-state index < -0.39 is 6.10 Å². The van der Waals surface area contributed by atoms with E-state index in [-0.39, 0.29) is 5.91 Å². The summed E-state index contributed by atoms with van der Waals surface area (Å²) in [6.45, 7) is 0.357. The highest BCUT2D eigenvalue weighted by Crippen LogP contribution is 2.31. The smallest absolute Gasteiger partial charge is 0.261 e. The lowest BCUT2D eigenvalue weighted by atomic mass is 10.1. The van der Waals surface area contributed by atoms with Crippen LogP contribution >= 0.6 is 0 Å². The van der Waals surface area contributed by atoms with Gasteiger partial charge in [0.2, 0.25) is 0 Å². The number of carbonyl (C=O) groups excluding carboxylic acids is 1. The quantitative estimate of drug-likeness (QED) is 0.920. The number of rotatable bonds is 5. The molecule has 1 aliphatic rings. The predicted molar refractivity (Wildman–Crippen MR) is 86.0 cm³/mol. The van der Waals surface area contributed by atoms with Crippen molar-refractivity contribution in [2.45, 2.75) is 19.1 Å². The average molecular weight is 313 g/mol. The van der Waals surface area contributed by atoms with Gasteiger partial charge in [-0.1, -0.05) is 30.3 Å². The Kier molecular flexibility index (Phi) is 4.37. The van der Waals surface area contributed by atoms with Crippen LogP contribution in [0.25, 0.3) is 0 Å². The Morgan fingerprint density at radius 1 is 1.17 bits per heavy atom. The molecule has 5 nitrogen and oxygen atoms in total. The van der Waals surface area contributed by atoms with Crippen LogP contribution in [0.3, 0.4) is 0 Å². The molecule has 0 spiro atoms. The summed E-state index contributed by atoms with van der Waals surface area (Å²) < 4.78 is 16.3. The normalized spacial score (nSPS) is 15.5. The van der Waals surface area contributed by atoms with Gasteiger partial charge in [0.15, 0.2) is 17.6 Å². The molecule has 1 unspecified atom stereocenters. The fourth-order valence-electron chi connectivity index (χ4n) is 2.72.